The Labute approximate surface area is 81.9 Å². The van der Waals surface area contributed by atoms with Gasteiger partial charge in [-0.2, -0.15) is 4.39 Å². The number of nitrogens with zero attached hydrogens (tertiary/aromatic N) is 1. The van der Waals surface area contributed by atoms with E-state index in [0.29, 0.717) is 17.9 Å². The van der Waals surface area contributed by atoms with Gasteiger partial charge >= 0.3 is 0 Å². The van der Waals surface area contributed by atoms with Crippen molar-refractivity contribution in [2.75, 3.05) is 5.88 Å². The molecule has 3 heteroatoms. The van der Waals surface area contributed by atoms with Crippen molar-refractivity contribution in [3.8, 4) is 11.8 Å². The highest BCUT2D eigenvalue weighted by molar-refractivity contribution is 6.18. The molecule has 1 rings (SSSR count). The van der Waals surface area contributed by atoms with Gasteiger partial charge in [0.2, 0.25) is 5.95 Å². The molecule has 0 aliphatic rings. The minimum Gasteiger partial charge on any atom is -0.227 e. The van der Waals surface area contributed by atoms with Crippen LogP contribution in [0.15, 0.2) is 12.3 Å². The number of hydrogen-bond donors (Lipinski definition) is 0. The molecule has 0 saturated carbocycles. The molecular weight excluding hydrogens is 189 g/mol. The second kappa shape index (κ2) is 4.84. The van der Waals surface area contributed by atoms with Crippen molar-refractivity contribution < 1.29 is 4.39 Å². The summed E-state index contributed by atoms with van der Waals surface area (Å²) >= 11 is 5.45. The zero-order valence-electron chi connectivity index (χ0n) is 7.27. The molecule has 0 aliphatic carbocycles. The van der Waals surface area contributed by atoms with Crippen molar-refractivity contribution in [2.45, 2.75) is 13.3 Å². The molecule has 0 amide bonds. The van der Waals surface area contributed by atoms with Crippen molar-refractivity contribution in [2.24, 2.45) is 0 Å². The van der Waals surface area contributed by atoms with Crippen LogP contribution in [-0.2, 0) is 0 Å². The normalized spacial score (nSPS) is 9.15. The topological polar surface area (TPSA) is 12.9 Å². The van der Waals surface area contributed by atoms with Gasteiger partial charge < -0.3 is 0 Å². The maximum Gasteiger partial charge on any atom is 0.215 e. The molecule has 0 saturated heterocycles. The Bertz CT molecular complexity index is 352. The average Bonchev–Trinajstić information content (AvgIpc) is 2.12. The van der Waals surface area contributed by atoms with Crippen LogP contribution in [0.5, 0.6) is 0 Å². The van der Waals surface area contributed by atoms with Crippen LogP contribution in [0, 0.1) is 24.7 Å². The third-order valence-electron chi connectivity index (χ3n) is 1.47. The molecule has 1 aromatic heterocycles. The van der Waals surface area contributed by atoms with E-state index >= 15 is 0 Å². The number of aromatic nitrogens is 1. The Morgan fingerprint density at radius 3 is 3.00 bits per heavy atom. The van der Waals surface area contributed by atoms with Crippen LogP contribution in [0.3, 0.4) is 0 Å². The number of alkyl halides is 1. The standard InChI is InChI=1S/C10H9ClFN/c1-8-6-9(4-2-3-5-11)7-13-10(8)12/h6-7H,3,5H2,1H3. The zero-order valence-corrected chi connectivity index (χ0v) is 8.03. The van der Waals surface area contributed by atoms with Crippen LogP contribution in [0.25, 0.3) is 0 Å². The van der Waals surface area contributed by atoms with Crippen LogP contribution in [-0.4, -0.2) is 10.9 Å². The second-order valence-electron chi connectivity index (χ2n) is 2.57. The smallest absolute Gasteiger partial charge is 0.215 e. The molecular formula is C10H9ClFN. The minimum absolute atomic E-state index is 0.442. The van der Waals surface area contributed by atoms with Crippen LogP contribution in [0.1, 0.15) is 17.5 Å². The van der Waals surface area contributed by atoms with Gasteiger partial charge in [0.05, 0.1) is 0 Å². The molecule has 0 unspecified atom stereocenters. The first-order valence-corrected chi connectivity index (χ1v) is 4.44. The Morgan fingerprint density at radius 2 is 2.38 bits per heavy atom. The summed E-state index contributed by atoms with van der Waals surface area (Å²) in [4.78, 5) is 3.56. The molecule has 1 aromatic rings. The Balaban J connectivity index is 2.81. The van der Waals surface area contributed by atoms with E-state index in [1.165, 1.54) is 6.20 Å². The molecule has 0 aromatic carbocycles. The number of rotatable bonds is 1. The predicted molar refractivity (Wildman–Crippen MR) is 51.1 cm³/mol. The molecule has 0 fully saturated rings. The Hall–Kier alpha value is -1.07. The van der Waals surface area contributed by atoms with Gasteiger partial charge in [0.1, 0.15) is 0 Å². The van der Waals surface area contributed by atoms with Crippen molar-refractivity contribution in [3.05, 3.63) is 29.3 Å². The van der Waals surface area contributed by atoms with Gasteiger partial charge in [0.15, 0.2) is 0 Å². The lowest BCUT2D eigenvalue weighted by Gasteiger charge is -1.94. The van der Waals surface area contributed by atoms with Gasteiger partial charge in [-0.1, -0.05) is 11.8 Å². The molecule has 13 heavy (non-hydrogen) atoms. The van der Waals surface area contributed by atoms with E-state index in [1.807, 2.05) is 0 Å². The average molecular weight is 198 g/mol. The summed E-state index contributed by atoms with van der Waals surface area (Å²) in [6, 6.07) is 1.67. The molecule has 1 heterocycles. The minimum atomic E-state index is -0.442. The summed E-state index contributed by atoms with van der Waals surface area (Å²) < 4.78 is 12.7. The molecule has 0 radical (unpaired) electrons. The van der Waals surface area contributed by atoms with E-state index in [2.05, 4.69) is 16.8 Å². The molecule has 0 aliphatic heterocycles. The van der Waals surface area contributed by atoms with Crippen LogP contribution < -0.4 is 0 Å². The summed E-state index contributed by atoms with van der Waals surface area (Å²) in [6.45, 7) is 1.66. The summed E-state index contributed by atoms with van der Waals surface area (Å²) in [6.07, 6.45) is 2.06. The SMILES string of the molecule is Cc1cc(C#CCCCl)cnc1F. The van der Waals surface area contributed by atoms with Crippen molar-refractivity contribution in [1.29, 1.82) is 0 Å². The van der Waals surface area contributed by atoms with Gasteiger partial charge in [-0.25, -0.2) is 4.98 Å². The number of halogens is 2. The van der Waals surface area contributed by atoms with Gasteiger partial charge in [-0.15, -0.1) is 11.6 Å². The van der Waals surface area contributed by atoms with E-state index in [4.69, 9.17) is 11.6 Å². The van der Waals surface area contributed by atoms with Crippen LogP contribution in [0.4, 0.5) is 4.39 Å². The highest BCUT2D eigenvalue weighted by Gasteiger charge is 1.97. The molecule has 0 atom stereocenters. The van der Waals surface area contributed by atoms with Gasteiger partial charge in [-0.3, -0.25) is 0 Å². The highest BCUT2D eigenvalue weighted by atomic mass is 35.5. The fourth-order valence-corrected chi connectivity index (χ4v) is 0.933. The first kappa shape index (κ1) is 10.0. The third-order valence-corrected chi connectivity index (χ3v) is 1.66. The van der Waals surface area contributed by atoms with Crippen molar-refractivity contribution in [3.63, 3.8) is 0 Å². The fourth-order valence-electron chi connectivity index (χ4n) is 0.838. The molecule has 68 valence electrons. The monoisotopic (exact) mass is 197 g/mol. The lowest BCUT2D eigenvalue weighted by molar-refractivity contribution is 0.574. The van der Waals surface area contributed by atoms with E-state index < -0.39 is 5.95 Å². The van der Waals surface area contributed by atoms with Crippen molar-refractivity contribution >= 4 is 11.6 Å². The number of pyridine rings is 1. The largest absolute Gasteiger partial charge is 0.227 e. The number of hydrogen-bond acceptors (Lipinski definition) is 1. The summed E-state index contributed by atoms with van der Waals surface area (Å²) in [5.41, 5.74) is 1.24. The quantitative estimate of drug-likeness (QED) is 0.383. The Morgan fingerprint density at radius 1 is 1.62 bits per heavy atom. The first-order chi connectivity index (χ1) is 6.24. The van der Waals surface area contributed by atoms with E-state index in [9.17, 15) is 4.39 Å². The van der Waals surface area contributed by atoms with E-state index in [0.717, 1.165) is 5.56 Å². The van der Waals surface area contributed by atoms with Gasteiger partial charge in [0, 0.05) is 29.6 Å². The summed E-state index contributed by atoms with van der Waals surface area (Å²) in [7, 11) is 0. The predicted octanol–water partition coefficient (Wildman–Crippen LogP) is 2.51. The lowest BCUT2D eigenvalue weighted by Crippen LogP contribution is -1.88. The first-order valence-electron chi connectivity index (χ1n) is 3.91. The van der Waals surface area contributed by atoms with E-state index in [-0.39, 0.29) is 0 Å². The summed E-state index contributed by atoms with van der Waals surface area (Å²) in [5, 5.41) is 0. The fraction of sp³-hybridized carbons (Fsp3) is 0.300. The third kappa shape index (κ3) is 3.04. The van der Waals surface area contributed by atoms with Crippen LogP contribution >= 0.6 is 11.6 Å². The molecule has 0 N–H and O–H groups in total. The molecule has 0 bridgehead atoms. The van der Waals surface area contributed by atoms with E-state index in [1.54, 1.807) is 13.0 Å². The van der Waals surface area contributed by atoms with Gasteiger partial charge in [-0.05, 0) is 13.0 Å². The van der Waals surface area contributed by atoms with Crippen molar-refractivity contribution in [1.82, 2.24) is 4.98 Å². The molecule has 1 nitrogen and oxygen atoms in total. The molecule has 0 spiro atoms. The second-order valence-corrected chi connectivity index (χ2v) is 2.95. The van der Waals surface area contributed by atoms with Gasteiger partial charge in [0.25, 0.3) is 0 Å². The highest BCUT2D eigenvalue weighted by Crippen LogP contribution is 2.04. The maximum absolute atomic E-state index is 12.7. The maximum atomic E-state index is 12.7. The Kier molecular flexibility index (Phi) is 3.72. The lowest BCUT2D eigenvalue weighted by atomic mass is 10.2. The number of aryl methyl sites for hydroxylation is 1. The zero-order chi connectivity index (χ0) is 9.68. The summed E-state index contributed by atoms with van der Waals surface area (Å²) in [5.74, 6) is 5.78. The van der Waals surface area contributed by atoms with Crippen LogP contribution in [0.2, 0.25) is 0 Å².